The molecule has 0 saturated carbocycles. The molecule has 0 saturated heterocycles. The van der Waals surface area contributed by atoms with Gasteiger partial charge in [-0.25, -0.2) is 0 Å². The molecule has 1 N–H and O–H groups in total. The summed E-state index contributed by atoms with van der Waals surface area (Å²) < 4.78 is -0.0641. The zero-order valence-corrected chi connectivity index (χ0v) is 10.0. The Hall–Kier alpha value is 0.0800. The fraction of sp³-hybridized carbons (Fsp3) is 0.625. The first kappa shape index (κ1) is 13.1. The summed E-state index contributed by atoms with van der Waals surface area (Å²) in [6.45, 7) is 5.64. The van der Waals surface area contributed by atoms with Crippen LogP contribution in [0.2, 0.25) is 0 Å². The van der Waals surface area contributed by atoms with E-state index in [0.29, 0.717) is 0 Å². The fourth-order valence-corrected chi connectivity index (χ4v) is 0.925. The zero-order chi connectivity index (χ0) is 10.6. The van der Waals surface area contributed by atoms with Gasteiger partial charge in [0, 0.05) is 5.54 Å². The van der Waals surface area contributed by atoms with Crippen LogP contribution >= 0.6 is 34.8 Å². The van der Waals surface area contributed by atoms with E-state index in [9.17, 15) is 4.79 Å². The summed E-state index contributed by atoms with van der Waals surface area (Å²) in [5.41, 5.74) is -0.271. The first-order chi connectivity index (χ1) is 5.72. The van der Waals surface area contributed by atoms with Gasteiger partial charge in [0.05, 0.1) is 11.5 Å². The van der Waals surface area contributed by atoms with Crippen molar-refractivity contribution in [3.05, 3.63) is 9.52 Å². The van der Waals surface area contributed by atoms with Gasteiger partial charge in [0.15, 0.2) is 0 Å². The molecule has 0 aromatic rings. The molecule has 0 heterocycles. The lowest BCUT2D eigenvalue weighted by molar-refractivity contribution is -0.121. The SMILES string of the molecule is CC(C)(C)NC(=O)CC(Cl)=C(Cl)Cl. The fourth-order valence-electron chi connectivity index (χ4n) is 0.670. The van der Waals surface area contributed by atoms with Crippen molar-refractivity contribution in [1.82, 2.24) is 5.32 Å². The highest BCUT2D eigenvalue weighted by Crippen LogP contribution is 2.20. The number of hydrogen-bond donors (Lipinski definition) is 1. The third-order valence-corrected chi connectivity index (χ3v) is 2.01. The van der Waals surface area contributed by atoms with Crippen LogP contribution in [0.25, 0.3) is 0 Å². The van der Waals surface area contributed by atoms with E-state index in [0.717, 1.165) is 0 Å². The summed E-state index contributed by atoms with van der Waals surface area (Å²) in [5.74, 6) is -0.198. The minimum atomic E-state index is -0.271. The molecule has 13 heavy (non-hydrogen) atoms. The molecule has 0 aromatic carbocycles. The van der Waals surface area contributed by atoms with Gasteiger partial charge in [-0.15, -0.1) is 0 Å². The predicted molar refractivity (Wildman–Crippen MR) is 57.1 cm³/mol. The molecule has 0 aliphatic carbocycles. The number of halogens is 3. The summed E-state index contributed by atoms with van der Waals surface area (Å²) in [7, 11) is 0. The van der Waals surface area contributed by atoms with Gasteiger partial charge in [-0.3, -0.25) is 4.79 Å². The summed E-state index contributed by atoms with van der Waals surface area (Å²) in [5, 5.41) is 2.89. The molecule has 0 radical (unpaired) electrons. The Bertz CT molecular complexity index is 226. The number of amides is 1. The monoisotopic (exact) mass is 243 g/mol. The van der Waals surface area contributed by atoms with E-state index >= 15 is 0 Å². The van der Waals surface area contributed by atoms with Crippen LogP contribution in [0.15, 0.2) is 9.52 Å². The minimum Gasteiger partial charge on any atom is -0.351 e. The summed E-state index contributed by atoms with van der Waals surface area (Å²) in [6.07, 6.45) is 0.0150. The normalized spacial score (nSPS) is 10.9. The molecule has 0 unspecified atom stereocenters. The highest BCUT2D eigenvalue weighted by Gasteiger charge is 2.15. The van der Waals surface area contributed by atoms with Gasteiger partial charge in [0.1, 0.15) is 4.49 Å². The van der Waals surface area contributed by atoms with Crippen LogP contribution in [0.5, 0.6) is 0 Å². The first-order valence-corrected chi connectivity index (χ1v) is 4.86. The van der Waals surface area contributed by atoms with E-state index in [1.807, 2.05) is 20.8 Å². The Labute approximate surface area is 93.2 Å². The quantitative estimate of drug-likeness (QED) is 0.794. The molecule has 0 aliphatic rings. The molecule has 0 aromatic heterocycles. The van der Waals surface area contributed by atoms with E-state index in [-0.39, 0.29) is 27.4 Å². The van der Waals surface area contributed by atoms with Gasteiger partial charge >= 0.3 is 0 Å². The van der Waals surface area contributed by atoms with Crippen LogP contribution in [-0.2, 0) is 4.79 Å². The minimum absolute atomic E-state index is 0.0150. The van der Waals surface area contributed by atoms with Crippen LogP contribution in [0, 0.1) is 0 Å². The van der Waals surface area contributed by atoms with Gasteiger partial charge in [0.25, 0.3) is 0 Å². The second-order valence-electron chi connectivity index (χ2n) is 3.64. The second kappa shape index (κ2) is 5.08. The molecule has 2 nitrogen and oxygen atoms in total. The molecule has 0 rings (SSSR count). The molecule has 0 bridgehead atoms. The standard InChI is InChI=1S/C8H12Cl3NO/c1-8(2,3)12-6(13)4-5(9)7(10)11/h4H2,1-3H3,(H,12,13). The van der Waals surface area contributed by atoms with Crippen molar-refractivity contribution in [2.24, 2.45) is 0 Å². The Kier molecular flexibility index (Phi) is 5.11. The van der Waals surface area contributed by atoms with Crippen LogP contribution < -0.4 is 5.32 Å². The van der Waals surface area contributed by atoms with E-state index in [1.165, 1.54) is 0 Å². The van der Waals surface area contributed by atoms with Gasteiger partial charge in [0.2, 0.25) is 5.91 Å². The lowest BCUT2D eigenvalue weighted by Crippen LogP contribution is -2.40. The molecule has 1 amide bonds. The van der Waals surface area contributed by atoms with Crippen molar-refractivity contribution in [2.75, 3.05) is 0 Å². The largest absolute Gasteiger partial charge is 0.351 e. The summed E-state index contributed by atoms with van der Waals surface area (Å²) >= 11 is 16.3. The summed E-state index contributed by atoms with van der Waals surface area (Å²) in [4.78, 5) is 11.2. The van der Waals surface area contributed by atoms with Crippen molar-refractivity contribution >= 4 is 40.7 Å². The maximum atomic E-state index is 11.2. The molecule has 0 fully saturated rings. The smallest absolute Gasteiger partial charge is 0.225 e. The van der Waals surface area contributed by atoms with Crippen molar-refractivity contribution in [3.8, 4) is 0 Å². The van der Waals surface area contributed by atoms with Gasteiger partial charge < -0.3 is 5.32 Å². The average Bonchev–Trinajstić information content (AvgIpc) is 1.81. The van der Waals surface area contributed by atoms with Gasteiger partial charge in [-0.1, -0.05) is 34.8 Å². The van der Waals surface area contributed by atoms with Crippen molar-refractivity contribution in [3.63, 3.8) is 0 Å². The third kappa shape index (κ3) is 7.17. The number of carbonyl (C=O) groups excluding carboxylic acids is 1. The molecule has 0 atom stereocenters. The van der Waals surface area contributed by atoms with E-state index in [2.05, 4.69) is 5.32 Å². The van der Waals surface area contributed by atoms with Crippen LogP contribution in [0.3, 0.4) is 0 Å². The maximum absolute atomic E-state index is 11.2. The molecular weight excluding hydrogens is 232 g/mol. The Balaban J connectivity index is 4.12. The molecule has 0 aliphatic heterocycles. The van der Waals surface area contributed by atoms with E-state index < -0.39 is 0 Å². The predicted octanol–water partition coefficient (Wildman–Crippen LogP) is 3.18. The third-order valence-electron chi connectivity index (χ3n) is 1.04. The van der Waals surface area contributed by atoms with E-state index in [1.54, 1.807) is 0 Å². The van der Waals surface area contributed by atoms with Crippen molar-refractivity contribution in [2.45, 2.75) is 32.7 Å². The highest BCUT2D eigenvalue weighted by molar-refractivity contribution is 6.59. The summed E-state index contributed by atoms with van der Waals surface area (Å²) in [6, 6.07) is 0. The van der Waals surface area contributed by atoms with Gasteiger partial charge in [-0.2, -0.15) is 0 Å². The van der Waals surface area contributed by atoms with Crippen LogP contribution in [0.4, 0.5) is 0 Å². The first-order valence-electron chi connectivity index (χ1n) is 3.73. The number of hydrogen-bond acceptors (Lipinski definition) is 1. The second-order valence-corrected chi connectivity index (χ2v) is 5.05. The molecular formula is C8H12Cl3NO. The van der Waals surface area contributed by atoms with Crippen LogP contribution in [0.1, 0.15) is 27.2 Å². The zero-order valence-electron chi connectivity index (χ0n) is 7.75. The lowest BCUT2D eigenvalue weighted by Gasteiger charge is -2.20. The topological polar surface area (TPSA) is 29.1 Å². The number of rotatable bonds is 2. The Morgan fingerprint density at radius 3 is 2.00 bits per heavy atom. The van der Waals surface area contributed by atoms with Crippen molar-refractivity contribution < 1.29 is 4.79 Å². The number of carbonyl (C=O) groups is 1. The number of nitrogens with one attached hydrogen (secondary N) is 1. The molecule has 0 spiro atoms. The van der Waals surface area contributed by atoms with Crippen LogP contribution in [-0.4, -0.2) is 11.4 Å². The average molecular weight is 245 g/mol. The van der Waals surface area contributed by atoms with E-state index in [4.69, 9.17) is 34.8 Å². The Morgan fingerprint density at radius 2 is 1.69 bits per heavy atom. The Morgan fingerprint density at radius 1 is 1.23 bits per heavy atom. The maximum Gasteiger partial charge on any atom is 0.225 e. The lowest BCUT2D eigenvalue weighted by atomic mass is 10.1. The molecule has 76 valence electrons. The highest BCUT2D eigenvalue weighted by atomic mass is 35.5. The van der Waals surface area contributed by atoms with Crippen molar-refractivity contribution in [1.29, 1.82) is 0 Å². The molecule has 5 heteroatoms. The van der Waals surface area contributed by atoms with Gasteiger partial charge in [-0.05, 0) is 20.8 Å².